The number of hydrogen-bond donors (Lipinski definition) is 1. The van der Waals surface area contributed by atoms with Gasteiger partial charge in [0.1, 0.15) is 15.9 Å². The normalized spacial score (nSPS) is 8.54. The van der Waals surface area contributed by atoms with Crippen molar-refractivity contribution in [3.8, 4) is 0 Å². The summed E-state index contributed by atoms with van der Waals surface area (Å²) in [4.78, 5) is 30.4. The zero-order valence-corrected chi connectivity index (χ0v) is 51.6. The zero-order valence-electron chi connectivity index (χ0n) is 27.3. The number of nitrogens with zero attached hydrogens (tertiary/aromatic N) is 2. The van der Waals surface area contributed by atoms with Gasteiger partial charge in [-0.2, -0.15) is 0 Å². The molecule has 320 valence electrons. The number of anilines is 1. The molecule has 1 N–H and O–H groups in total. The molecule has 0 aliphatic rings. The smallest absolute Gasteiger partial charge is 0.341 e. The first-order chi connectivity index (χ1) is 27.2. The van der Waals surface area contributed by atoms with E-state index in [4.69, 9.17) is 89.0 Å². The van der Waals surface area contributed by atoms with Crippen molar-refractivity contribution in [1.82, 2.24) is 9.97 Å². The molecule has 7 nitrogen and oxygen atoms in total. The first-order valence-corrected chi connectivity index (χ1v) is 47.5. The van der Waals surface area contributed by atoms with Crippen molar-refractivity contribution in [3.63, 3.8) is 0 Å². The third-order valence-corrected chi connectivity index (χ3v) is 51.2. The lowest BCUT2D eigenvalue weighted by molar-refractivity contribution is 0.0517. The molecular formula is C19H22Cl3N3O4S27. The highest BCUT2D eigenvalue weighted by molar-refractivity contribution is 8.77. The Hall–Kier alpha value is 3.85. The molecule has 2 rings (SSSR count). The van der Waals surface area contributed by atoms with Crippen molar-refractivity contribution < 1.29 is 19.1 Å². The molecule has 0 amide bonds. The lowest BCUT2D eigenvalue weighted by Crippen LogP contribution is -2.11. The summed E-state index contributed by atoms with van der Waals surface area (Å²) in [6, 6.07) is 3.03. The van der Waals surface area contributed by atoms with Gasteiger partial charge in [-0.05, 0) is 32.4 Å². The van der Waals surface area contributed by atoms with Crippen LogP contribution in [0.3, 0.4) is 0 Å². The molecule has 0 aliphatic carbocycles. The van der Waals surface area contributed by atoms with Gasteiger partial charge in [0.2, 0.25) is 0 Å². The van der Waals surface area contributed by atoms with Crippen LogP contribution in [0.25, 0.3) is 0 Å². The van der Waals surface area contributed by atoms with Crippen molar-refractivity contribution >= 4 is 301 Å². The third kappa shape index (κ3) is 39.4. The largest absolute Gasteiger partial charge is 0.462 e. The van der Waals surface area contributed by atoms with Crippen LogP contribution in [0.15, 0.2) is 24.5 Å². The van der Waals surface area contributed by atoms with E-state index in [1.807, 2.05) is 6.92 Å². The Morgan fingerprint density at radius 3 is 1.20 bits per heavy atom. The second-order valence-corrected chi connectivity index (χ2v) is 48.8. The highest BCUT2D eigenvalue weighted by Crippen LogP contribution is 2.20. The zero-order chi connectivity index (χ0) is 42.1. The Bertz CT molecular complexity index is 2550. The molecule has 2 heterocycles. The average molecular weight is 1330 g/mol. The molecule has 0 spiro atoms. The van der Waals surface area contributed by atoms with E-state index in [9.17, 15) is 9.59 Å². The molecule has 0 saturated heterocycles. The highest BCUT2D eigenvalue weighted by Gasteiger charge is 2.13. The van der Waals surface area contributed by atoms with Crippen molar-refractivity contribution in [2.75, 3.05) is 25.1 Å². The predicted molar refractivity (Wildman–Crippen MR) is 313 cm³/mol. The first-order valence-electron chi connectivity index (χ1n) is 13.0. The molecule has 56 heavy (non-hydrogen) atoms. The number of esters is 2. The summed E-state index contributed by atoms with van der Waals surface area (Å²) in [6.45, 7) is 6.94. The summed E-state index contributed by atoms with van der Waals surface area (Å²) in [7, 11) is 38.0. The van der Waals surface area contributed by atoms with Crippen LogP contribution in [-0.4, -0.2) is 41.7 Å². The van der Waals surface area contributed by atoms with Crippen LogP contribution in [-0.2, 0) is 258 Å². The van der Waals surface area contributed by atoms with E-state index in [0.29, 0.717) is 29.6 Å². The van der Waals surface area contributed by atoms with Crippen molar-refractivity contribution in [2.24, 2.45) is 0 Å². The number of rotatable bonds is 7. The molecule has 0 fully saturated rings. The first kappa shape index (κ1) is 61.9. The summed E-state index contributed by atoms with van der Waals surface area (Å²) in [5, 5.41) is 3.97. The molecular weight excluding hydrogens is 1310 g/mol. The summed E-state index contributed by atoms with van der Waals surface area (Å²) >= 11 is 35.9. The summed E-state index contributed by atoms with van der Waals surface area (Å²) in [5.74, 6) is -0.873. The van der Waals surface area contributed by atoms with Gasteiger partial charge >= 0.3 is 11.9 Å². The molecule has 2 aromatic heterocycles. The maximum absolute atomic E-state index is 11.6. The van der Waals surface area contributed by atoms with E-state index < -0.39 is 5.97 Å². The maximum Gasteiger partial charge on any atom is 0.341 e. The van der Waals surface area contributed by atoms with E-state index in [1.165, 1.54) is 54.0 Å². The summed E-state index contributed by atoms with van der Waals surface area (Å²) < 4.78 is 9.67. The van der Waals surface area contributed by atoms with Crippen LogP contribution >= 0.6 is 34.8 Å². The predicted octanol–water partition coefficient (Wildman–Crippen LogP) is 5.23. The van der Waals surface area contributed by atoms with Gasteiger partial charge in [0.05, 0.1) is 29.5 Å². The second kappa shape index (κ2) is 48.3. The fourth-order valence-corrected chi connectivity index (χ4v) is 54.9. The molecule has 37 heteroatoms. The van der Waals surface area contributed by atoms with Crippen LogP contribution in [0.1, 0.15) is 47.9 Å². The van der Waals surface area contributed by atoms with Crippen molar-refractivity contribution in [3.05, 3.63) is 51.0 Å². The molecule has 0 bridgehead atoms. The number of carbonyl (C=O) groups is 2. The van der Waals surface area contributed by atoms with Crippen LogP contribution < -0.4 is 5.32 Å². The molecule has 2 aromatic rings. The highest BCUT2D eigenvalue weighted by atomic mass is 35.5. The Labute approximate surface area is 425 Å². The average Bonchev–Trinajstić information content (AvgIpc) is 3.18. The quantitative estimate of drug-likeness (QED) is 0.292. The fraction of sp³-hybridized carbons (Fsp3) is 0.368. The van der Waals surface area contributed by atoms with E-state index in [1.54, 1.807) is 189 Å². The van der Waals surface area contributed by atoms with E-state index in [0.717, 1.165) is 13.0 Å². The Morgan fingerprint density at radius 2 is 0.875 bits per heavy atom. The monoisotopic (exact) mass is 1320 g/mol. The maximum atomic E-state index is 11.6. The van der Waals surface area contributed by atoms with E-state index in [-0.39, 0.29) is 21.7 Å². The van der Waals surface area contributed by atoms with Crippen LogP contribution in [0.4, 0.5) is 5.69 Å². The van der Waals surface area contributed by atoms with Crippen LogP contribution in [0.5, 0.6) is 0 Å². The van der Waals surface area contributed by atoms with E-state index >= 15 is 0 Å². The topological polar surface area (TPSA) is 90.4 Å². The lowest BCUT2D eigenvalue weighted by Gasteiger charge is -2.10. The fourth-order valence-electron chi connectivity index (χ4n) is 2.19. The van der Waals surface area contributed by atoms with Crippen LogP contribution in [0, 0.1) is 0 Å². The van der Waals surface area contributed by atoms with Gasteiger partial charge in [0.15, 0.2) is 0 Å². The van der Waals surface area contributed by atoms with Gasteiger partial charge in [0, 0.05) is 268 Å². The van der Waals surface area contributed by atoms with Gasteiger partial charge in [-0.1, -0.05) is 41.7 Å². The number of nitrogens with one attached hydrogen (secondary N) is 1. The van der Waals surface area contributed by atoms with Gasteiger partial charge < -0.3 is 14.8 Å². The number of pyridine rings is 2. The molecule has 0 aliphatic heterocycles. The standard InChI is InChI=1S/C11H15ClN2O2.C8H7Cl2NO2.S14.S13/c1-3-5-13-9-6-10(12)14-7-8(9)11(15)16-4-2;1-2-13-8(12)5-4-11-7(10)3-6(5)9;1-3-5-7-9-11-13-14-12-10-8-6-4-2;1-3-5-7-9-11-13-12-10-8-6-4-2/h6-7H,3-5H2,1-2H3,(H,13,14);3-4H,2H2,1H3;;. The minimum Gasteiger partial charge on any atom is -0.462 e. The van der Waals surface area contributed by atoms with E-state index in [2.05, 4.69) is 15.3 Å². The Kier molecular flexibility index (Phi) is 53.4. The number of halogens is 3. The lowest BCUT2D eigenvalue weighted by atomic mass is 10.2. The summed E-state index contributed by atoms with van der Waals surface area (Å²) in [5.41, 5.74) is 1.31. The Morgan fingerprint density at radius 1 is 0.554 bits per heavy atom. The minimum atomic E-state index is -0.489. The van der Waals surface area contributed by atoms with Crippen LogP contribution in [0.2, 0.25) is 15.3 Å². The molecule has 0 atom stereocenters. The van der Waals surface area contributed by atoms with Gasteiger partial charge in [0.25, 0.3) is 0 Å². The third-order valence-electron chi connectivity index (χ3n) is 3.83. The van der Waals surface area contributed by atoms with Gasteiger partial charge in [-0.25, -0.2) is 19.6 Å². The van der Waals surface area contributed by atoms with Gasteiger partial charge in [-0.15, -0.1) is 0 Å². The minimum absolute atomic E-state index is 0.230. The Balaban J connectivity index is 0. The number of carbonyl (C=O) groups excluding carboxylic acids is 2. The molecule has 0 aromatic carbocycles. The number of hydrogen-bond acceptors (Lipinski definition) is 11. The SMILES string of the molecule is CCCNc1cc(Cl)ncc1C(=O)OCC.CCOC(=O)c1cnc(Cl)cc1Cl.S=S=S=S=S=S=S=S=S=S=S=S=S.S=S=S=S=S=S=S=S=S=S=S=S=S=S. The second-order valence-electron chi connectivity index (χ2n) is 6.97. The summed E-state index contributed by atoms with van der Waals surface area (Å²) in [6.07, 6.45) is 3.68. The van der Waals surface area contributed by atoms with Crippen molar-refractivity contribution in [2.45, 2.75) is 27.2 Å². The number of aromatic nitrogens is 2. The molecule has 0 unspecified atom stereocenters. The number of ether oxygens (including phenoxy) is 2. The molecule has 0 saturated carbocycles. The van der Waals surface area contributed by atoms with Gasteiger partial charge in [-0.3, -0.25) is 0 Å². The van der Waals surface area contributed by atoms with Crippen molar-refractivity contribution in [1.29, 1.82) is 0 Å². The molecule has 0 radical (unpaired) electrons.